The molecule has 7 heteroatoms. The first-order chi connectivity index (χ1) is 10.6. The van der Waals surface area contributed by atoms with E-state index in [1.807, 2.05) is 25.2 Å². The molecule has 0 radical (unpaired) electrons. The second-order valence-corrected chi connectivity index (χ2v) is 4.06. The van der Waals surface area contributed by atoms with Gasteiger partial charge < -0.3 is 26.9 Å². The van der Waals surface area contributed by atoms with Gasteiger partial charge in [0, 0.05) is 18.0 Å². The van der Waals surface area contributed by atoms with E-state index < -0.39 is 0 Å². The van der Waals surface area contributed by atoms with Crippen molar-refractivity contribution < 1.29 is 4.42 Å². The first-order valence-electron chi connectivity index (χ1n) is 6.90. The molecule has 0 saturated carbocycles. The molecule has 0 aliphatic heterocycles. The van der Waals surface area contributed by atoms with Gasteiger partial charge in [-0.2, -0.15) is 0 Å². The third-order valence-corrected chi connectivity index (χ3v) is 2.41. The monoisotopic (exact) mass is 307 g/mol. The number of nitrogens with two attached hydrogens (primary N) is 3. The Labute approximate surface area is 130 Å². The van der Waals surface area contributed by atoms with Gasteiger partial charge in [0.25, 0.3) is 0 Å². The van der Waals surface area contributed by atoms with Crippen molar-refractivity contribution in [3.63, 3.8) is 0 Å². The van der Waals surface area contributed by atoms with E-state index in [9.17, 15) is 4.79 Å². The number of hydrogen-bond donors (Lipinski definition) is 4. The maximum atomic E-state index is 10.7. The van der Waals surface area contributed by atoms with Gasteiger partial charge in [-0.15, -0.1) is 0 Å². The van der Waals surface area contributed by atoms with Crippen molar-refractivity contribution in [1.29, 1.82) is 0 Å². The maximum absolute atomic E-state index is 10.7. The molecule has 0 fully saturated rings. The van der Waals surface area contributed by atoms with Crippen molar-refractivity contribution in [2.45, 2.75) is 6.42 Å². The Bertz CT molecular complexity index is 606. The van der Waals surface area contributed by atoms with Crippen LogP contribution >= 0.6 is 0 Å². The van der Waals surface area contributed by atoms with Gasteiger partial charge in [-0.1, -0.05) is 18.2 Å². The van der Waals surface area contributed by atoms with Gasteiger partial charge in [-0.25, -0.2) is 4.79 Å². The van der Waals surface area contributed by atoms with Gasteiger partial charge in [0.1, 0.15) is 5.58 Å². The van der Waals surface area contributed by atoms with Crippen LogP contribution in [0.3, 0.4) is 0 Å². The molecule has 2 rings (SSSR count). The molecule has 7 N–H and O–H groups in total. The van der Waals surface area contributed by atoms with Crippen molar-refractivity contribution in [3.05, 3.63) is 46.8 Å². The Kier molecular flexibility index (Phi) is 11.0. The summed E-state index contributed by atoms with van der Waals surface area (Å²) < 4.78 is 4.91. The van der Waals surface area contributed by atoms with E-state index in [1.165, 1.54) is 13.1 Å². The highest BCUT2D eigenvalue weighted by Gasteiger charge is 1.92. The zero-order valence-electron chi connectivity index (χ0n) is 13.1. The fraction of sp³-hybridized carbons (Fsp3) is 0.333. The van der Waals surface area contributed by atoms with Gasteiger partial charge in [0.15, 0.2) is 5.96 Å². The lowest BCUT2D eigenvalue weighted by Gasteiger charge is -1.94. The molecule has 1 aromatic heterocycles. The van der Waals surface area contributed by atoms with Crippen LogP contribution in [-0.4, -0.2) is 33.1 Å². The van der Waals surface area contributed by atoms with Gasteiger partial charge in [-0.3, -0.25) is 4.99 Å². The smallest absolute Gasteiger partial charge is 0.336 e. The van der Waals surface area contributed by atoms with E-state index in [-0.39, 0.29) is 11.6 Å². The molecule has 0 aliphatic carbocycles. The summed E-state index contributed by atoms with van der Waals surface area (Å²) in [5, 5.41) is 3.94. The molecule has 0 aliphatic rings. The van der Waals surface area contributed by atoms with Gasteiger partial charge in [-0.05, 0) is 39.2 Å². The van der Waals surface area contributed by atoms with Gasteiger partial charge >= 0.3 is 5.63 Å². The molecule has 2 aromatic rings. The molecule has 22 heavy (non-hydrogen) atoms. The predicted octanol–water partition coefficient (Wildman–Crippen LogP) is 0.237. The van der Waals surface area contributed by atoms with Crippen LogP contribution in [0.4, 0.5) is 0 Å². The van der Waals surface area contributed by atoms with Crippen LogP contribution in [0.1, 0.15) is 6.42 Å². The van der Waals surface area contributed by atoms with Crippen molar-refractivity contribution in [3.8, 4) is 0 Å². The molecular formula is C15H25N5O2. The SMILES string of the molecule is CN.CNCCCN=C(N)N.O=c1ccc2ccccc2o1. The predicted molar refractivity (Wildman–Crippen MR) is 91.8 cm³/mol. The second-order valence-electron chi connectivity index (χ2n) is 4.06. The summed E-state index contributed by atoms with van der Waals surface area (Å²) in [7, 11) is 3.40. The molecule has 0 spiro atoms. The number of nitrogens with one attached hydrogen (secondary N) is 1. The maximum Gasteiger partial charge on any atom is 0.336 e. The van der Waals surface area contributed by atoms with Crippen LogP contribution in [0.5, 0.6) is 0 Å². The number of benzene rings is 1. The summed E-state index contributed by atoms with van der Waals surface area (Å²) in [5.74, 6) is 0.172. The highest BCUT2D eigenvalue weighted by atomic mass is 16.4. The number of guanidine groups is 1. The Morgan fingerprint density at radius 3 is 2.50 bits per heavy atom. The summed E-state index contributed by atoms with van der Waals surface area (Å²) in [4.78, 5) is 14.5. The van der Waals surface area contributed by atoms with Crippen LogP contribution < -0.4 is 28.1 Å². The minimum atomic E-state index is -0.302. The Morgan fingerprint density at radius 2 is 1.86 bits per heavy atom. The lowest BCUT2D eigenvalue weighted by atomic mass is 10.2. The molecule has 7 nitrogen and oxygen atoms in total. The number of nitrogens with zero attached hydrogens (tertiary/aromatic N) is 1. The van der Waals surface area contributed by atoms with E-state index in [1.54, 1.807) is 12.1 Å². The number of aliphatic imine (C=N–C) groups is 1. The third kappa shape index (κ3) is 8.72. The van der Waals surface area contributed by atoms with Gasteiger partial charge in [0.2, 0.25) is 0 Å². The number of hydrogen-bond acceptors (Lipinski definition) is 5. The Hall–Kier alpha value is -2.38. The average molecular weight is 307 g/mol. The molecular weight excluding hydrogens is 282 g/mol. The highest BCUT2D eigenvalue weighted by Crippen LogP contribution is 2.08. The molecule has 122 valence electrons. The fourth-order valence-corrected chi connectivity index (χ4v) is 1.48. The summed E-state index contributed by atoms with van der Waals surface area (Å²) in [6, 6.07) is 10.6. The van der Waals surface area contributed by atoms with Crippen LogP contribution in [0.2, 0.25) is 0 Å². The number of fused-ring (bicyclic) bond motifs is 1. The van der Waals surface area contributed by atoms with E-state index >= 15 is 0 Å². The molecule has 0 unspecified atom stereocenters. The minimum Gasteiger partial charge on any atom is -0.423 e. The third-order valence-electron chi connectivity index (χ3n) is 2.41. The summed E-state index contributed by atoms with van der Waals surface area (Å²) in [6.07, 6.45) is 0.981. The van der Waals surface area contributed by atoms with Crippen LogP contribution in [0.25, 0.3) is 11.0 Å². The van der Waals surface area contributed by atoms with Crippen LogP contribution in [0.15, 0.2) is 50.6 Å². The van der Waals surface area contributed by atoms with Crippen LogP contribution in [0, 0.1) is 0 Å². The highest BCUT2D eigenvalue weighted by molar-refractivity contribution is 5.76. The van der Waals surface area contributed by atoms with E-state index in [0.29, 0.717) is 12.1 Å². The normalized spacial score (nSPS) is 9.05. The summed E-state index contributed by atoms with van der Waals surface area (Å²) >= 11 is 0. The quantitative estimate of drug-likeness (QED) is 0.277. The number of rotatable bonds is 4. The van der Waals surface area contributed by atoms with Crippen molar-refractivity contribution >= 4 is 16.9 Å². The minimum absolute atomic E-state index is 0.172. The van der Waals surface area contributed by atoms with Crippen molar-refractivity contribution in [2.75, 3.05) is 27.2 Å². The van der Waals surface area contributed by atoms with Crippen LogP contribution in [-0.2, 0) is 0 Å². The fourth-order valence-electron chi connectivity index (χ4n) is 1.48. The van der Waals surface area contributed by atoms with Crippen molar-refractivity contribution in [1.82, 2.24) is 5.32 Å². The van der Waals surface area contributed by atoms with E-state index in [2.05, 4.69) is 16.0 Å². The first-order valence-corrected chi connectivity index (χ1v) is 6.90. The van der Waals surface area contributed by atoms with Gasteiger partial charge in [0.05, 0.1) is 0 Å². The van der Waals surface area contributed by atoms with E-state index in [4.69, 9.17) is 15.9 Å². The number of para-hydroxylation sites is 1. The van der Waals surface area contributed by atoms with E-state index in [0.717, 1.165) is 18.4 Å². The molecule has 0 amide bonds. The zero-order valence-corrected chi connectivity index (χ0v) is 13.1. The molecule has 0 atom stereocenters. The van der Waals surface area contributed by atoms with Crippen molar-refractivity contribution in [2.24, 2.45) is 22.2 Å². The molecule has 1 aromatic carbocycles. The second kappa shape index (κ2) is 12.4. The summed E-state index contributed by atoms with van der Waals surface area (Å²) in [6.45, 7) is 1.67. The molecule has 0 bridgehead atoms. The lowest BCUT2D eigenvalue weighted by molar-refractivity contribution is 0.561. The summed E-state index contributed by atoms with van der Waals surface area (Å²) in [5.41, 5.74) is 15.0. The topological polar surface area (TPSA) is 133 Å². The molecule has 0 saturated heterocycles. The first kappa shape index (κ1) is 19.6. The largest absolute Gasteiger partial charge is 0.423 e. The zero-order chi connectivity index (χ0) is 16.8. The molecule has 1 heterocycles. The standard InChI is InChI=1S/C9H6O2.C5H14N4.CH5N/c10-9-6-5-7-3-1-2-4-8(7)11-9;1-8-3-2-4-9-5(6)7;1-2/h1-6H;8H,2-4H2,1H3,(H4,6,7,9);2H2,1H3. The Morgan fingerprint density at radius 1 is 1.18 bits per heavy atom. The lowest BCUT2D eigenvalue weighted by Crippen LogP contribution is -2.23. The average Bonchev–Trinajstić information content (AvgIpc) is 2.54. The Balaban J connectivity index is 0.000000369.